The van der Waals surface area contributed by atoms with Crippen LogP contribution in [0.1, 0.15) is 52.0 Å². The predicted octanol–water partition coefficient (Wildman–Crippen LogP) is 3.83. The number of hydrogen-bond donors (Lipinski definition) is 2. The molecule has 2 aromatic rings. The highest BCUT2D eigenvalue weighted by Gasteiger charge is 2.24. The standard InChI is InChI=1S/C20H24N2O3S/c1-13-7-2-4-9-15(13)25-12-6-11-17(23)22-20-18(19(21)24)14-8-3-5-10-16(14)26-20/h2,4,7,9H,3,5-6,8,10-12H2,1H3,(H2,21,24)(H,22,23). The summed E-state index contributed by atoms with van der Waals surface area (Å²) in [6, 6.07) is 7.81. The van der Waals surface area contributed by atoms with Crippen LogP contribution in [-0.2, 0) is 17.6 Å². The van der Waals surface area contributed by atoms with E-state index in [1.807, 2.05) is 31.2 Å². The highest BCUT2D eigenvalue weighted by atomic mass is 32.1. The van der Waals surface area contributed by atoms with Crippen LogP contribution in [0.3, 0.4) is 0 Å². The summed E-state index contributed by atoms with van der Waals surface area (Å²) in [6.07, 6.45) is 4.96. The van der Waals surface area contributed by atoms with Crippen LogP contribution < -0.4 is 15.8 Å². The van der Waals surface area contributed by atoms with Gasteiger partial charge < -0.3 is 15.8 Å². The van der Waals surface area contributed by atoms with Crippen molar-refractivity contribution in [1.29, 1.82) is 0 Å². The van der Waals surface area contributed by atoms with Crippen LogP contribution in [0.15, 0.2) is 24.3 Å². The second kappa shape index (κ2) is 8.36. The lowest BCUT2D eigenvalue weighted by atomic mass is 9.95. The van der Waals surface area contributed by atoms with Crippen molar-refractivity contribution in [3.8, 4) is 5.75 Å². The van der Waals surface area contributed by atoms with Gasteiger partial charge in [-0.05, 0) is 56.2 Å². The van der Waals surface area contributed by atoms with Crippen molar-refractivity contribution >= 4 is 28.2 Å². The SMILES string of the molecule is Cc1ccccc1OCCCC(=O)Nc1sc2c(c1C(N)=O)CCCC2. The van der Waals surface area contributed by atoms with Gasteiger partial charge in [-0.25, -0.2) is 0 Å². The number of rotatable bonds is 7. The van der Waals surface area contributed by atoms with E-state index in [9.17, 15) is 9.59 Å². The zero-order chi connectivity index (χ0) is 18.5. The number of para-hydroxylation sites is 1. The van der Waals surface area contributed by atoms with Gasteiger partial charge in [-0.2, -0.15) is 0 Å². The molecule has 6 heteroatoms. The zero-order valence-electron chi connectivity index (χ0n) is 15.0. The van der Waals surface area contributed by atoms with Gasteiger partial charge >= 0.3 is 0 Å². The number of hydrogen-bond acceptors (Lipinski definition) is 4. The minimum Gasteiger partial charge on any atom is -0.493 e. The Hall–Kier alpha value is -2.34. The van der Waals surface area contributed by atoms with Gasteiger partial charge in [-0.3, -0.25) is 9.59 Å². The Morgan fingerprint density at radius 2 is 2.00 bits per heavy atom. The number of nitrogens with two attached hydrogens (primary N) is 1. The molecule has 0 saturated heterocycles. The van der Waals surface area contributed by atoms with Crippen LogP contribution in [0.5, 0.6) is 5.75 Å². The van der Waals surface area contributed by atoms with Crippen molar-refractivity contribution in [3.05, 3.63) is 45.8 Å². The average molecular weight is 372 g/mol. The van der Waals surface area contributed by atoms with Crippen molar-refractivity contribution in [3.63, 3.8) is 0 Å². The third-order valence-corrected chi connectivity index (χ3v) is 5.78. The Kier molecular flexibility index (Phi) is 5.93. The van der Waals surface area contributed by atoms with Crippen LogP contribution in [0.25, 0.3) is 0 Å². The van der Waals surface area contributed by atoms with E-state index in [0.29, 0.717) is 30.0 Å². The molecular formula is C20H24N2O3S. The summed E-state index contributed by atoms with van der Waals surface area (Å²) in [5.41, 5.74) is 8.17. The largest absolute Gasteiger partial charge is 0.493 e. The van der Waals surface area contributed by atoms with Gasteiger partial charge in [0.1, 0.15) is 10.8 Å². The van der Waals surface area contributed by atoms with Crippen molar-refractivity contribution in [2.24, 2.45) is 5.73 Å². The van der Waals surface area contributed by atoms with Crippen LogP contribution in [0.4, 0.5) is 5.00 Å². The molecule has 1 aromatic heterocycles. The lowest BCUT2D eigenvalue weighted by molar-refractivity contribution is -0.116. The Morgan fingerprint density at radius 1 is 1.23 bits per heavy atom. The maximum Gasteiger partial charge on any atom is 0.251 e. The lowest BCUT2D eigenvalue weighted by Crippen LogP contribution is -2.18. The number of thiophene rings is 1. The van der Waals surface area contributed by atoms with Gasteiger partial charge in [0, 0.05) is 11.3 Å². The number of nitrogens with one attached hydrogen (secondary N) is 1. The second-order valence-electron chi connectivity index (χ2n) is 6.54. The first kappa shape index (κ1) is 18.5. The van der Waals surface area contributed by atoms with E-state index in [1.165, 1.54) is 16.2 Å². The summed E-state index contributed by atoms with van der Waals surface area (Å²) in [5.74, 6) is 0.275. The van der Waals surface area contributed by atoms with Gasteiger partial charge in [0.25, 0.3) is 5.91 Å². The summed E-state index contributed by atoms with van der Waals surface area (Å²) >= 11 is 1.49. The zero-order valence-corrected chi connectivity index (χ0v) is 15.8. The average Bonchev–Trinajstić information content (AvgIpc) is 2.98. The van der Waals surface area contributed by atoms with Crippen LogP contribution in [0.2, 0.25) is 0 Å². The van der Waals surface area contributed by atoms with Gasteiger partial charge in [-0.1, -0.05) is 18.2 Å². The fourth-order valence-electron chi connectivity index (χ4n) is 3.24. The number of amides is 2. The molecule has 1 heterocycles. The van der Waals surface area contributed by atoms with Gasteiger partial charge in [0.05, 0.1) is 12.2 Å². The number of primary amides is 1. The van der Waals surface area contributed by atoms with E-state index in [0.717, 1.165) is 42.6 Å². The van der Waals surface area contributed by atoms with Gasteiger partial charge in [-0.15, -0.1) is 11.3 Å². The number of fused-ring (bicyclic) bond motifs is 1. The van der Waals surface area contributed by atoms with E-state index in [2.05, 4.69) is 5.32 Å². The molecule has 2 amide bonds. The number of anilines is 1. The lowest BCUT2D eigenvalue weighted by Gasteiger charge is -2.11. The molecule has 0 fully saturated rings. The van der Waals surface area contributed by atoms with Gasteiger partial charge in [0.2, 0.25) is 5.91 Å². The Labute approximate surface area is 157 Å². The maximum absolute atomic E-state index is 12.3. The number of carbonyl (C=O) groups is 2. The molecule has 0 atom stereocenters. The first-order valence-corrected chi connectivity index (χ1v) is 9.80. The maximum atomic E-state index is 12.3. The summed E-state index contributed by atoms with van der Waals surface area (Å²) < 4.78 is 5.71. The molecule has 0 bridgehead atoms. The minimum atomic E-state index is -0.456. The molecule has 5 nitrogen and oxygen atoms in total. The summed E-state index contributed by atoms with van der Waals surface area (Å²) in [5, 5.41) is 3.49. The summed E-state index contributed by atoms with van der Waals surface area (Å²) in [4.78, 5) is 25.3. The summed E-state index contributed by atoms with van der Waals surface area (Å²) in [6.45, 7) is 2.47. The molecule has 0 spiro atoms. The first-order chi connectivity index (χ1) is 12.6. The van der Waals surface area contributed by atoms with Crippen molar-refractivity contribution < 1.29 is 14.3 Å². The molecule has 1 aliphatic rings. The van der Waals surface area contributed by atoms with E-state index < -0.39 is 5.91 Å². The fraction of sp³-hybridized carbons (Fsp3) is 0.400. The monoisotopic (exact) mass is 372 g/mol. The van der Waals surface area contributed by atoms with Crippen molar-refractivity contribution in [2.75, 3.05) is 11.9 Å². The topological polar surface area (TPSA) is 81.4 Å². The van der Waals surface area contributed by atoms with Crippen LogP contribution in [0, 0.1) is 6.92 Å². The Bertz CT molecular complexity index is 813. The highest BCUT2D eigenvalue weighted by Crippen LogP contribution is 2.37. The smallest absolute Gasteiger partial charge is 0.251 e. The Balaban J connectivity index is 1.54. The molecule has 26 heavy (non-hydrogen) atoms. The molecule has 0 aliphatic heterocycles. The molecule has 0 radical (unpaired) electrons. The van der Waals surface area contributed by atoms with E-state index in [4.69, 9.17) is 10.5 Å². The molecule has 0 unspecified atom stereocenters. The molecule has 1 aliphatic carbocycles. The van der Waals surface area contributed by atoms with Gasteiger partial charge in [0.15, 0.2) is 0 Å². The van der Waals surface area contributed by atoms with E-state index in [1.54, 1.807) is 0 Å². The van der Waals surface area contributed by atoms with Crippen LogP contribution in [-0.4, -0.2) is 18.4 Å². The third-order valence-electron chi connectivity index (χ3n) is 4.57. The number of aryl methyl sites for hydroxylation is 2. The molecule has 3 N–H and O–H groups in total. The highest BCUT2D eigenvalue weighted by molar-refractivity contribution is 7.17. The van der Waals surface area contributed by atoms with E-state index in [-0.39, 0.29) is 5.91 Å². The summed E-state index contributed by atoms with van der Waals surface area (Å²) in [7, 11) is 0. The Morgan fingerprint density at radius 3 is 2.77 bits per heavy atom. The third kappa shape index (κ3) is 4.25. The normalized spacial score (nSPS) is 13.1. The minimum absolute atomic E-state index is 0.112. The second-order valence-corrected chi connectivity index (χ2v) is 7.65. The molecule has 0 saturated carbocycles. The molecular weight excluding hydrogens is 348 g/mol. The quantitative estimate of drug-likeness (QED) is 0.725. The fourth-order valence-corrected chi connectivity index (χ4v) is 4.55. The molecule has 1 aromatic carbocycles. The first-order valence-electron chi connectivity index (χ1n) is 8.99. The molecule has 3 rings (SSSR count). The number of benzene rings is 1. The molecule has 138 valence electrons. The van der Waals surface area contributed by atoms with E-state index >= 15 is 0 Å². The van der Waals surface area contributed by atoms with Crippen LogP contribution >= 0.6 is 11.3 Å². The predicted molar refractivity (Wildman–Crippen MR) is 104 cm³/mol. The number of carbonyl (C=O) groups excluding carboxylic acids is 2. The van der Waals surface area contributed by atoms with Crippen molar-refractivity contribution in [1.82, 2.24) is 0 Å². The van der Waals surface area contributed by atoms with Crippen molar-refractivity contribution in [2.45, 2.75) is 45.4 Å². The number of ether oxygens (including phenoxy) is 1.